The third kappa shape index (κ3) is 5.44. The van der Waals surface area contributed by atoms with Gasteiger partial charge in [0, 0.05) is 56.7 Å². The molecule has 1 aromatic heterocycles. The first-order chi connectivity index (χ1) is 16.7. The third-order valence-corrected chi connectivity index (χ3v) is 8.83. The van der Waals surface area contributed by atoms with Crippen LogP contribution in [0.2, 0.25) is 0 Å². The number of anilines is 1. The summed E-state index contributed by atoms with van der Waals surface area (Å²) >= 11 is 0. The highest BCUT2D eigenvalue weighted by molar-refractivity contribution is 8.23. The molecule has 0 radical (unpaired) electrons. The Balaban J connectivity index is 1.12. The largest absolute Gasteiger partial charge is 0.473 e. The number of benzene rings is 1. The normalized spacial score (nSPS) is 23.3. The average Bonchev–Trinajstić information content (AvgIpc) is 3.28. The lowest BCUT2D eigenvalue weighted by molar-refractivity contribution is -0.0344. The van der Waals surface area contributed by atoms with Crippen LogP contribution in [0.4, 0.5) is 10.2 Å². The van der Waals surface area contributed by atoms with Crippen molar-refractivity contribution in [1.29, 1.82) is 5.26 Å². The number of nitriles is 1. The van der Waals surface area contributed by atoms with E-state index in [0.717, 1.165) is 45.1 Å². The van der Waals surface area contributed by atoms with Gasteiger partial charge in [-0.25, -0.2) is 15.3 Å². The monoisotopic (exact) mass is 480 g/mol. The fourth-order valence-electron chi connectivity index (χ4n) is 4.33. The molecule has 0 spiro atoms. The first-order valence-electron chi connectivity index (χ1n) is 11.7. The number of allylic oxidation sites excluding steroid dienone is 2. The lowest BCUT2D eigenvalue weighted by Gasteiger charge is -2.37. The zero-order valence-electron chi connectivity index (χ0n) is 19.1. The fraction of sp³-hybridized carbons (Fsp3) is 0.385. The van der Waals surface area contributed by atoms with Crippen LogP contribution in [0.15, 0.2) is 58.9 Å². The maximum absolute atomic E-state index is 14.1. The van der Waals surface area contributed by atoms with Gasteiger partial charge < -0.3 is 14.4 Å². The lowest BCUT2D eigenvalue weighted by Crippen LogP contribution is -2.47. The molecule has 34 heavy (non-hydrogen) atoms. The van der Waals surface area contributed by atoms with Crippen LogP contribution in [0, 0.1) is 17.1 Å². The highest BCUT2D eigenvalue weighted by Gasteiger charge is 2.25. The minimum Gasteiger partial charge on any atom is -0.473 e. The van der Waals surface area contributed by atoms with E-state index in [4.69, 9.17) is 14.7 Å². The van der Waals surface area contributed by atoms with Gasteiger partial charge in [0.15, 0.2) is 0 Å². The van der Waals surface area contributed by atoms with Crippen LogP contribution >= 0.6 is 10.9 Å². The summed E-state index contributed by atoms with van der Waals surface area (Å²) in [4.78, 5) is 11.0. The van der Waals surface area contributed by atoms with Gasteiger partial charge in [-0.05, 0) is 34.9 Å². The number of rotatable bonds is 8. The van der Waals surface area contributed by atoms with Gasteiger partial charge in [0.1, 0.15) is 18.2 Å². The van der Waals surface area contributed by atoms with Crippen LogP contribution in [-0.2, 0) is 11.3 Å². The predicted octanol–water partition coefficient (Wildman–Crippen LogP) is 3.99. The highest BCUT2D eigenvalue weighted by Crippen LogP contribution is 2.43. The summed E-state index contributed by atoms with van der Waals surface area (Å²) in [5, 5.41) is 11.3. The van der Waals surface area contributed by atoms with E-state index in [1.807, 2.05) is 18.2 Å². The zero-order valence-corrected chi connectivity index (χ0v) is 20.0. The zero-order chi connectivity index (χ0) is 23.3. The van der Waals surface area contributed by atoms with Crippen molar-refractivity contribution < 1.29 is 13.9 Å². The molecule has 2 fully saturated rings. The summed E-state index contributed by atoms with van der Waals surface area (Å²) in [5.74, 6) is 2.07. The van der Waals surface area contributed by atoms with Crippen molar-refractivity contribution in [2.45, 2.75) is 19.1 Å². The highest BCUT2D eigenvalue weighted by atomic mass is 32.2. The first-order valence-corrected chi connectivity index (χ1v) is 13.3. The molecule has 5 rings (SSSR count). The van der Waals surface area contributed by atoms with E-state index in [0.29, 0.717) is 23.1 Å². The standard InChI is InChI=1S/C26H29FN4O2S/c27-24-15-20(16-28)6-7-21(24)18-33-26-5-1-4-25(29-26)31-11-9-30(10-12-31)17-23-3-2-14-34(23)19-22-8-13-32-22/h1-7,14-15,22,34H,8-13,17-19H2. The molecule has 0 amide bonds. The van der Waals surface area contributed by atoms with Crippen molar-refractivity contribution in [2.24, 2.45) is 0 Å². The number of piperazine rings is 1. The van der Waals surface area contributed by atoms with Gasteiger partial charge in [0.05, 0.1) is 17.7 Å². The topological polar surface area (TPSA) is 61.6 Å². The molecule has 2 aromatic rings. The summed E-state index contributed by atoms with van der Waals surface area (Å²) in [5.41, 5.74) is 0.698. The number of ether oxygens (including phenoxy) is 2. The van der Waals surface area contributed by atoms with Crippen LogP contribution in [0.1, 0.15) is 17.5 Å². The molecule has 0 N–H and O–H groups in total. The molecule has 0 aliphatic carbocycles. The molecule has 2 unspecified atom stereocenters. The third-order valence-electron chi connectivity index (χ3n) is 6.47. The van der Waals surface area contributed by atoms with Crippen LogP contribution in [0.5, 0.6) is 5.88 Å². The predicted molar refractivity (Wildman–Crippen MR) is 134 cm³/mol. The molecular weight excluding hydrogens is 451 g/mol. The number of halogens is 1. The van der Waals surface area contributed by atoms with Crippen molar-refractivity contribution in [2.75, 3.05) is 50.0 Å². The molecule has 1 aromatic carbocycles. The Bertz CT molecular complexity index is 1120. The summed E-state index contributed by atoms with van der Waals surface area (Å²) in [6.45, 7) is 5.82. The van der Waals surface area contributed by atoms with E-state index in [1.165, 1.54) is 18.2 Å². The Morgan fingerprint density at radius 1 is 1.21 bits per heavy atom. The number of nitrogens with zero attached hydrogens (tertiary/aromatic N) is 4. The van der Waals surface area contributed by atoms with E-state index >= 15 is 0 Å². The Hall–Kier alpha value is -2.86. The number of hydrogen-bond acceptors (Lipinski definition) is 6. The van der Waals surface area contributed by atoms with Crippen molar-refractivity contribution in [3.8, 4) is 11.9 Å². The molecule has 4 heterocycles. The maximum Gasteiger partial charge on any atom is 0.215 e. The van der Waals surface area contributed by atoms with Gasteiger partial charge in [-0.2, -0.15) is 10.2 Å². The summed E-state index contributed by atoms with van der Waals surface area (Å²) in [6, 6.07) is 12.0. The van der Waals surface area contributed by atoms with E-state index < -0.39 is 5.82 Å². The Labute approximate surface area is 202 Å². The molecule has 3 aliphatic rings. The first kappa shape index (κ1) is 22.9. The Morgan fingerprint density at radius 3 is 2.79 bits per heavy atom. The van der Waals surface area contributed by atoms with Crippen LogP contribution in [0.25, 0.3) is 0 Å². The second-order valence-corrected chi connectivity index (χ2v) is 10.9. The Kier molecular flexibility index (Phi) is 7.14. The quantitative estimate of drug-likeness (QED) is 0.577. The van der Waals surface area contributed by atoms with Gasteiger partial charge in [-0.3, -0.25) is 4.90 Å². The van der Waals surface area contributed by atoms with Crippen molar-refractivity contribution >= 4 is 16.7 Å². The maximum atomic E-state index is 14.1. The smallest absolute Gasteiger partial charge is 0.215 e. The molecule has 8 heteroatoms. The van der Waals surface area contributed by atoms with Gasteiger partial charge in [-0.15, -0.1) is 0 Å². The minimum absolute atomic E-state index is 0.0692. The van der Waals surface area contributed by atoms with Crippen molar-refractivity contribution in [3.63, 3.8) is 0 Å². The van der Waals surface area contributed by atoms with E-state index in [-0.39, 0.29) is 17.5 Å². The van der Waals surface area contributed by atoms with Crippen LogP contribution in [-0.4, -0.2) is 61.1 Å². The number of aromatic nitrogens is 1. The fourth-order valence-corrected chi connectivity index (χ4v) is 6.56. The molecule has 3 aliphatic heterocycles. The molecular formula is C26H29FN4O2S. The van der Waals surface area contributed by atoms with E-state index in [2.05, 4.69) is 32.3 Å². The average molecular weight is 481 g/mol. The molecule has 6 nitrogen and oxygen atoms in total. The molecule has 2 saturated heterocycles. The second-order valence-electron chi connectivity index (χ2n) is 8.74. The van der Waals surface area contributed by atoms with E-state index in [9.17, 15) is 4.39 Å². The van der Waals surface area contributed by atoms with Gasteiger partial charge >= 0.3 is 0 Å². The summed E-state index contributed by atoms with van der Waals surface area (Å²) in [7, 11) is -0.187. The molecule has 2 atom stereocenters. The lowest BCUT2D eigenvalue weighted by atomic mass is 10.1. The van der Waals surface area contributed by atoms with Gasteiger partial charge in [-0.1, -0.05) is 24.3 Å². The number of hydrogen-bond donors (Lipinski definition) is 1. The van der Waals surface area contributed by atoms with E-state index in [1.54, 1.807) is 23.1 Å². The van der Waals surface area contributed by atoms with Crippen LogP contribution < -0.4 is 9.64 Å². The SMILES string of the molecule is N#Cc1ccc(COc2cccc(N3CCN(CC4=CC=C[SH]4CC4CCO4)CC3)n2)c(F)c1. The minimum atomic E-state index is -0.442. The van der Waals surface area contributed by atoms with Crippen LogP contribution in [0.3, 0.4) is 0 Å². The molecule has 0 bridgehead atoms. The summed E-state index contributed by atoms with van der Waals surface area (Å²) < 4.78 is 25.5. The van der Waals surface area contributed by atoms with Gasteiger partial charge in [0.25, 0.3) is 0 Å². The number of pyridine rings is 1. The van der Waals surface area contributed by atoms with Crippen molar-refractivity contribution in [1.82, 2.24) is 9.88 Å². The number of thiol groups is 1. The van der Waals surface area contributed by atoms with Crippen molar-refractivity contribution in [3.05, 3.63) is 75.8 Å². The Morgan fingerprint density at radius 2 is 2.06 bits per heavy atom. The molecule has 178 valence electrons. The second kappa shape index (κ2) is 10.6. The van der Waals surface area contributed by atoms with Gasteiger partial charge in [0.2, 0.25) is 5.88 Å². The molecule has 0 saturated carbocycles. The summed E-state index contributed by atoms with van der Waals surface area (Å²) in [6.07, 6.45) is 6.19.